The van der Waals surface area contributed by atoms with Crippen molar-refractivity contribution in [1.82, 2.24) is 10.4 Å². The van der Waals surface area contributed by atoms with Crippen molar-refractivity contribution in [3.8, 4) is 0 Å². The molecule has 14 heavy (non-hydrogen) atoms. The first-order valence-corrected chi connectivity index (χ1v) is 5.49. The van der Waals surface area contributed by atoms with E-state index in [0.717, 1.165) is 10.8 Å². The van der Waals surface area contributed by atoms with Crippen molar-refractivity contribution in [2.75, 3.05) is 25.7 Å². The van der Waals surface area contributed by atoms with Gasteiger partial charge in [-0.1, -0.05) is 0 Å². The number of rotatable bonds is 2. The molecule has 0 bridgehead atoms. The Hall–Kier alpha value is -0.750. The summed E-state index contributed by atoms with van der Waals surface area (Å²) < 4.78 is 0. The minimum atomic E-state index is -0.458. The molecule has 1 heterocycles. The number of likely N-dealkylation sites (N-methyl/N-ethyl adjacent to an activating group) is 1. The summed E-state index contributed by atoms with van der Waals surface area (Å²) in [5, 5.41) is 3.80. The third kappa shape index (κ3) is 2.88. The maximum Gasteiger partial charge on any atom is 0.269 e. The maximum absolute atomic E-state index is 11.6. The molecule has 6 heteroatoms. The first kappa shape index (κ1) is 11.3. The van der Waals surface area contributed by atoms with Crippen molar-refractivity contribution in [2.24, 2.45) is 0 Å². The third-order valence-electron chi connectivity index (χ3n) is 1.98. The molecule has 0 radical (unpaired) electrons. The van der Waals surface area contributed by atoms with E-state index >= 15 is 0 Å². The lowest BCUT2D eigenvalue weighted by Crippen LogP contribution is -2.47. The van der Waals surface area contributed by atoms with E-state index in [2.05, 4.69) is 5.32 Å². The summed E-state index contributed by atoms with van der Waals surface area (Å²) in [6.07, 6.45) is 0.477. The van der Waals surface area contributed by atoms with E-state index in [4.69, 9.17) is 4.84 Å². The molecule has 1 atom stereocenters. The Bertz CT molecular complexity index is 235. The fourth-order valence-corrected chi connectivity index (χ4v) is 2.07. The van der Waals surface area contributed by atoms with Gasteiger partial charge in [0.2, 0.25) is 5.91 Å². The fraction of sp³-hybridized carbons (Fsp3) is 0.750. The number of carbonyl (C=O) groups is 2. The second kappa shape index (κ2) is 5.21. The molecule has 5 nitrogen and oxygen atoms in total. The second-order valence-electron chi connectivity index (χ2n) is 2.96. The lowest BCUT2D eigenvalue weighted by Gasteiger charge is -2.20. The number of hydroxylamine groups is 2. The molecule has 0 aromatic rings. The number of hydrogen-bond acceptors (Lipinski definition) is 4. The van der Waals surface area contributed by atoms with Gasteiger partial charge in [0.25, 0.3) is 5.91 Å². The Balaban J connectivity index is 2.56. The quantitative estimate of drug-likeness (QED) is 0.642. The van der Waals surface area contributed by atoms with Gasteiger partial charge in [0.05, 0.1) is 7.11 Å². The molecule has 2 amide bonds. The van der Waals surface area contributed by atoms with Crippen LogP contribution in [0.2, 0.25) is 0 Å². The first-order chi connectivity index (χ1) is 6.65. The summed E-state index contributed by atoms with van der Waals surface area (Å²) in [4.78, 5) is 27.5. The second-order valence-corrected chi connectivity index (χ2v) is 4.11. The van der Waals surface area contributed by atoms with E-state index in [0.29, 0.717) is 12.2 Å². The van der Waals surface area contributed by atoms with Gasteiger partial charge in [0, 0.05) is 25.0 Å². The Kier molecular flexibility index (Phi) is 4.21. The number of hydrogen-bond donors (Lipinski definition) is 1. The smallest absolute Gasteiger partial charge is 0.269 e. The predicted octanol–water partition coefficient (Wildman–Crippen LogP) is -0.372. The van der Waals surface area contributed by atoms with Gasteiger partial charge in [-0.25, -0.2) is 5.06 Å². The normalized spacial score (nSPS) is 22.4. The lowest BCUT2D eigenvalue weighted by atomic mass is 10.3. The maximum atomic E-state index is 11.6. The molecule has 0 aliphatic carbocycles. The van der Waals surface area contributed by atoms with Gasteiger partial charge in [-0.3, -0.25) is 14.4 Å². The predicted molar refractivity (Wildman–Crippen MR) is 53.7 cm³/mol. The van der Waals surface area contributed by atoms with Crippen molar-refractivity contribution >= 4 is 23.6 Å². The van der Waals surface area contributed by atoms with Gasteiger partial charge in [0.15, 0.2) is 0 Å². The van der Waals surface area contributed by atoms with Crippen molar-refractivity contribution in [2.45, 2.75) is 12.5 Å². The zero-order valence-corrected chi connectivity index (χ0v) is 9.10. The van der Waals surface area contributed by atoms with Crippen LogP contribution in [0.4, 0.5) is 0 Å². The molecule has 0 aromatic carbocycles. The molecular formula is C8H14N2O3S. The summed E-state index contributed by atoms with van der Waals surface area (Å²) in [7, 11) is 2.95. The molecule has 0 saturated carbocycles. The summed E-state index contributed by atoms with van der Waals surface area (Å²) in [5.74, 6) is 1.10. The van der Waals surface area contributed by atoms with E-state index in [1.807, 2.05) is 0 Å². The van der Waals surface area contributed by atoms with Gasteiger partial charge in [-0.05, 0) is 0 Å². The summed E-state index contributed by atoms with van der Waals surface area (Å²) >= 11 is 1.60. The Morgan fingerprint density at radius 1 is 1.71 bits per heavy atom. The number of carbonyl (C=O) groups excluding carboxylic acids is 2. The fourth-order valence-electron chi connectivity index (χ4n) is 1.12. The van der Waals surface area contributed by atoms with Gasteiger partial charge >= 0.3 is 0 Å². The van der Waals surface area contributed by atoms with Crippen molar-refractivity contribution in [1.29, 1.82) is 0 Å². The largest absolute Gasteiger partial charge is 0.343 e. The summed E-state index contributed by atoms with van der Waals surface area (Å²) in [6.45, 7) is 0. The lowest BCUT2D eigenvalue weighted by molar-refractivity contribution is -0.170. The van der Waals surface area contributed by atoms with Gasteiger partial charge in [-0.2, -0.15) is 11.8 Å². The number of amides is 2. The SMILES string of the molecule is CON(C)C(=O)C1CSCCC(=O)N1. The molecule has 1 aliphatic rings. The monoisotopic (exact) mass is 218 g/mol. The van der Waals surface area contributed by atoms with Crippen LogP contribution in [0.1, 0.15) is 6.42 Å². The van der Waals surface area contributed by atoms with Crippen LogP contribution in [-0.4, -0.2) is 48.6 Å². The molecule has 0 aromatic heterocycles. The Morgan fingerprint density at radius 2 is 2.43 bits per heavy atom. The topological polar surface area (TPSA) is 58.6 Å². The highest BCUT2D eigenvalue weighted by molar-refractivity contribution is 7.99. The molecule has 1 saturated heterocycles. The zero-order valence-electron chi connectivity index (χ0n) is 8.28. The van der Waals surface area contributed by atoms with E-state index in [-0.39, 0.29) is 11.8 Å². The molecule has 0 spiro atoms. The number of nitrogens with zero attached hydrogens (tertiary/aromatic N) is 1. The third-order valence-corrected chi connectivity index (χ3v) is 3.04. The minimum absolute atomic E-state index is 0.0714. The van der Waals surface area contributed by atoms with Crippen LogP contribution in [0.15, 0.2) is 0 Å². The van der Waals surface area contributed by atoms with Crippen LogP contribution >= 0.6 is 11.8 Å². The van der Waals surface area contributed by atoms with E-state index in [9.17, 15) is 9.59 Å². The molecular weight excluding hydrogens is 204 g/mol. The summed E-state index contributed by atoms with van der Waals surface area (Å²) in [5.41, 5.74) is 0. The Labute approximate surface area is 87.1 Å². The minimum Gasteiger partial charge on any atom is -0.343 e. The zero-order chi connectivity index (χ0) is 10.6. The molecule has 80 valence electrons. The standard InChI is InChI=1S/C8H14N2O3S/c1-10(13-2)8(12)6-5-14-4-3-7(11)9-6/h6H,3-5H2,1-2H3,(H,9,11). The molecule has 1 aliphatic heterocycles. The molecule has 1 unspecified atom stereocenters. The van der Waals surface area contributed by atoms with E-state index < -0.39 is 6.04 Å². The van der Waals surface area contributed by atoms with Crippen molar-refractivity contribution < 1.29 is 14.4 Å². The average Bonchev–Trinajstić information content (AvgIpc) is 2.40. The van der Waals surface area contributed by atoms with Crippen LogP contribution in [0.3, 0.4) is 0 Å². The van der Waals surface area contributed by atoms with Crippen LogP contribution in [0, 0.1) is 0 Å². The van der Waals surface area contributed by atoms with Crippen LogP contribution in [-0.2, 0) is 14.4 Å². The molecule has 1 N–H and O–H groups in total. The van der Waals surface area contributed by atoms with E-state index in [1.165, 1.54) is 14.2 Å². The number of nitrogens with one attached hydrogen (secondary N) is 1. The molecule has 1 fully saturated rings. The van der Waals surface area contributed by atoms with Crippen LogP contribution in [0.5, 0.6) is 0 Å². The van der Waals surface area contributed by atoms with Gasteiger partial charge in [0.1, 0.15) is 6.04 Å². The highest BCUT2D eigenvalue weighted by Crippen LogP contribution is 2.11. The Morgan fingerprint density at radius 3 is 3.07 bits per heavy atom. The van der Waals surface area contributed by atoms with Crippen molar-refractivity contribution in [3.63, 3.8) is 0 Å². The van der Waals surface area contributed by atoms with Crippen LogP contribution in [0.25, 0.3) is 0 Å². The highest BCUT2D eigenvalue weighted by atomic mass is 32.2. The average molecular weight is 218 g/mol. The highest BCUT2D eigenvalue weighted by Gasteiger charge is 2.26. The van der Waals surface area contributed by atoms with E-state index in [1.54, 1.807) is 11.8 Å². The molecule has 1 rings (SSSR count). The first-order valence-electron chi connectivity index (χ1n) is 4.34. The number of thioether (sulfide) groups is 1. The van der Waals surface area contributed by atoms with Crippen molar-refractivity contribution in [3.05, 3.63) is 0 Å². The van der Waals surface area contributed by atoms with Gasteiger partial charge < -0.3 is 5.32 Å². The summed E-state index contributed by atoms with van der Waals surface area (Å²) in [6, 6.07) is -0.458. The van der Waals surface area contributed by atoms with Crippen LogP contribution < -0.4 is 5.32 Å². The van der Waals surface area contributed by atoms with Gasteiger partial charge in [-0.15, -0.1) is 0 Å².